The van der Waals surface area contributed by atoms with Gasteiger partial charge in [-0.1, -0.05) is 0 Å². The third-order valence-corrected chi connectivity index (χ3v) is 2.32. The molecule has 0 saturated carbocycles. The lowest BCUT2D eigenvalue weighted by Crippen LogP contribution is -2.42. The summed E-state index contributed by atoms with van der Waals surface area (Å²) in [6.07, 6.45) is 1.10. The number of ether oxygens (including phenoxy) is 1. The molecule has 1 unspecified atom stereocenters. The van der Waals surface area contributed by atoms with Crippen LogP contribution < -0.4 is 22.1 Å². The van der Waals surface area contributed by atoms with Gasteiger partial charge < -0.3 is 26.8 Å². The Balaban J connectivity index is 3.45. The number of nitrogens with zero attached hydrogens (tertiary/aromatic N) is 1. The van der Waals surface area contributed by atoms with Crippen molar-refractivity contribution in [3.05, 3.63) is 0 Å². The Bertz CT molecular complexity index is 304. The molecule has 1 atom stereocenters. The summed E-state index contributed by atoms with van der Waals surface area (Å²) < 4.78 is 5.06. The van der Waals surface area contributed by atoms with Gasteiger partial charge in [-0.15, -0.1) is 0 Å². The lowest BCUT2D eigenvalue weighted by atomic mass is 10.1. The van der Waals surface area contributed by atoms with E-state index in [9.17, 15) is 4.79 Å². The summed E-state index contributed by atoms with van der Waals surface area (Å²) in [5, 5.41) is 28.2. The number of rotatable bonds is 12. The normalized spacial score (nSPS) is 12.2. The van der Waals surface area contributed by atoms with E-state index in [4.69, 9.17) is 32.0 Å². The predicted molar refractivity (Wildman–Crippen MR) is 72.3 cm³/mol. The van der Waals surface area contributed by atoms with Gasteiger partial charge in [0, 0.05) is 13.1 Å². The number of guanidine groups is 1. The highest BCUT2D eigenvalue weighted by Gasteiger charge is 2.11. The molecule has 0 aliphatic heterocycles. The second-order valence-corrected chi connectivity index (χ2v) is 4.08. The standard InChI is InChI=1S/C10H24N6O5/c11-8(2-1-3-15-10(12)13)9(17)14-4-5-20-6-7-21-16(18)19/h8,18-19H,1-7,11H2,(H,14,17)(H4,12,13,15). The number of hydrogen-bond donors (Lipinski definition) is 7. The fourth-order valence-electron chi connectivity index (χ4n) is 1.33. The summed E-state index contributed by atoms with van der Waals surface area (Å²) in [4.78, 5) is 15.8. The maximum absolute atomic E-state index is 11.6. The van der Waals surface area contributed by atoms with E-state index in [0.717, 1.165) is 0 Å². The zero-order valence-corrected chi connectivity index (χ0v) is 11.7. The van der Waals surface area contributed by atoms with Gasteiger partial charge in [-0.2, -0.15) is 0 Å². The highest BCUT2D eigenvalue weighted by molar-refractivity contribution is 5.81. The summed E-state index contributed by atoms with van der Waals surface area (Å²) in [6.45, 7) is 1.16. The maximum atomic E-state index is 11.6. The Morgan fingerprint density at radius 3 is 2.57 bits per heavy atom. The Labute approximate surface area is 122 Å². The van der Waals surface area contributed by atoms with Crippen LogP contribution in [0.5, 0.6) is 0 Å². The molecular formula is C10H24N6O5. The molecule has 11 heteroatoms. The molecule has 0 heterocycles. The van der Waals surface area contributed by atoms with Crippen LogP contribution in [-0.2, 0) is 14.4 Å². The zero-order valence-electron chi connectivity index (χ0n) is 11.7. The van der Waals surface area contributed by atoms with Crippen molar-refractivity contribution in [3.63, 3.8) is 0 Å². The van der Waals surface area contributed by atoms with Crippen molar-refractivity contribution in [3.8, 4) is 0 Å². The number of carbonyl (C=O) groups is 1. The zero-order chi connectivity index (χ0) is 16.1. The minimum absolute atomic E-state index is 0.0242. The van der Waals surface area contributed by atoms with Crippen molar-refractivity contribution < 1.29 is 24.8 Å². The second-order valence-electron chi connectivity index (χ2n) is 4.08. The molecule has 9 N–H and O–H groups in total. The van der Waals surface area contributed by atoms with Gasteiger partial charge >= 0.3 is 0 Å². The van der Waals surface area contributed by atoms with Crippen LogP contribution in [0.4, 0.5) is 0 Å². The van der Waals surface area contributed by atoms with Gasteiger partial charge in [0.1, 0.15) is 0 Å². The van der Waals surface area contributed by atoms with Gasteiger partial charge in [0.15, 0.2) is 5.96 Å². The van der Waals surface area contributed by atoms with Crippen LogP contribution in [0, 0.1) is 5.41 Å². The number of carbonyl (C=O) groups excluding carboxylic acids is 1. The van der Waals surface area contributed by atoms with Crippen LogP contribution >= 0.6 is 0 Å². The van der Waals surface area contributed by atoms with Gasteiger partial charge in [-0.05, 0) is 12.8 Å². The molecule has 0 aromatic rings. The van der Waals surface area contributed by atoms with Gasteiger partial charge in [0.2, 0.25) is 5.91 Å². The number of hydrogen-bond acceptors (Lipinski definition) is 8. The minimum Gasteiger partial charge on any atom is -0.377 e. The predicted octanol–water partition coefficient (Wildman–Crippen LogP) is -2.28. The van der Waals surface area contributed by atoms with Crippen molar-refractivity contribution in [1.82, 2.24) is 16.0 Å². The summed E-state index contributed by atoms with van der Waals surface area (Å²) in [7, 11) is 0. The lowest BCUT2D eigenvalue weighted by Gasteiger charge is -2.12. The molecule has 0 saturated heterocycles. The van der Waals surface area contributed by atoms with Crippen LogP contribution in [0.15, 0.2) is 0 Å². The summed E-state index contributed by atoms with van der Waals surface area (Å²) in [6, 6.07) is -0.626. The Morgan fingerprint density at radius 1 is 1.24 bits per heavy atom. The van der Waals surface area contributed by atoms with E-state index in [-0.39, 0.29) is 31.7 Å². The average molecular weight is 308 g/mol. The molecule has 124 valence electrons. The molecule has 11 nitrogen and oxygen atoms in total. The molecule has 0 rings (SSSR count). The van der Waals surface area contributed by atoms with Crippen molar-refractivity contribution in [2.75, 3.05) is 32.9 Å². The molecule has 1 amide bonds. The first kappa shape index (κ1) is 19.5. The largest absolute Gasteiger partial charge is 0.377 e. The Hall–Kier alpha value is -1.50. The molecule has 0 spiro atoms. The van der Waals surface area contributed by atoms with Crippen molar-refractivity contribution in [1.29, 1.82) is 5.41 Å². The van der Waals surface area contributed by atoms with Gasteiger partial charge in [-0.25, -0.2) is 4.84 Å². The molecule has 0 aliphatic rings. The van der Waals surface area contributed by atoms with Crippen LogP contribution in [0.1, 0.15) is 12.8 Å². The molecule has 0 fully saturated rings. The fourth-order valence-corrected chi connectivity index (χ4v) is 1.33. The SMILES string of the molecule is N=C(N)NCCCC(N)C(=O)NCCOCCON(O)O. The molecule has 21 heavy (non-hydrogen) atoms. The summed E-state index contributed by atoms with van der Waals surface area (Å²) in [5.74, 6) is -0.394. The lowest BCUT2D eigenvalue weighted by molar-refractivity contribution is -0.493. The number of amides is 1. The van der Waals surface area contributed by atoms with Crippen LogP contribution in [0.2, 0.25) is 0 Å². The van der Waals surface area contributed by atoms with E-state index >= 15 is 0 Å². The van der Waals surface area contributed by atoms with Crippen molar-refractivity contribution in [2.45, 2.75) is 18.9 Å². The molecule has 0 aromatic heterocycles. The molecule has 0 aromatic carbocycles. The van der Waals surface area contributed by atoms with E-state index in [1.807, 2.05) is 0 Å². The third kappa shape index (κ3) is 13.2. The fraction of sp³-hybridized carbons (Fsp3) is 0.800. The monoisotopic (exact) mass is 308 g/mol. The molecule has 0 bridgehead atoms. The van der Waals surface area contributed by atoms with E-state index in [0.29, 0.717) is 25.9 Å². The van der Waals surface area contributed by atoms with E-state index in [1.165, 1.54) is 0 Å². The van der Waals surface area contributed by atoms with Crippen LogP contribution in [0.3, 0.4) is 0 Å². The summed E-state index contributed by atoms with van der Waals surface area (Å²) in [5.41, 5.74) is 10.8. The first-order valence-corrected chi connectivity index (χ1v) is 6.43. The van der Waals surface area contributed by atoms with E-state index < -0.39 is 11.4 Å². The van der Waals surface area contributed by atoms with E-state index in [1.54, 1.807) is 0 Å². The minimum atomic E-state index is -0.626. The molecule has 0 radical (unpaired) electrons. The summed E-state index contributed by atoms with van der Waals surface area (Å²) >= 11 is 0. The molecular weight excluding hydrogens is 284 g/mol. The quantitative estimate of drug-likeness (QED) is 0.0904. The highest BCUT2D eigenvalue weighted by Crippen LogP contribution is 1.93. The smallest absolute Gasteiger partial charge is 0.236 e. The number of nitrogens with one attached hydrogen (secondary N) is 3. The van der Waals surface area contributed by atoms with Crippen molar-refractivity contribution in [2.24, 2.45) is 11.5 Å². The first-order valence-electron chi connectivity index (χ1n) is 6.43. The van der Waals surface area contributed by atoms with Crippen molar-refractivity contribution >= 4 is 11.9 Å². The number of nitrogens with two attached hydrogens (primary N) is 2. The first-order chi connectivity index (χ1) is 9.93. The Kier molecular flexibility index (Phi) is 11.4. The second kappa shape index (κ2) is 12.3. The maximum Gasteiger partial charge on any atom is 0.236 e. The van der Waals surface area contributed by atoms with E-state index in [2.05, 4.69) is 15.5 Å². The van der Waals surface area contributed by atoms with Gasteiger partial charge in [0.25, 0.3) is 0 Å². The van der Waals surface area contributed by atoms with Gasteiger partial charge in [-0.3, -0.25) is 20.6 Å². The Morgan fingerprint density at radius 2 is 1.95 bits per heavy atom. The molecule has 0 aliphatic carbocycles. The topological polar surface area (TPSA) is 179 Å². The average Bonchev–Trinajstić information content (AvgIpc) is 2.41. The highest BCUT2D eigenvalue weighted by atomic mass is 17.1. The van der Waals surface area contributed by atoms with Crippen LogP contribution in [0.25, 0.3) is 0 Å². The third-order valence-electron chi connectivity index (χ3n) is 2.32. The van der Waals surface area contributed by atoms with Gasteiger partial charge in [0.05, 0.1) is 31.3 Å². The van der Waals surface area contributed by atoms with Crippen LogP contribution in [-0.4, -0.2) is 66.6 Å².